The van der Waals surface area contributed by atoms with E-state index in [1.165, 1.54) is 100 Å². The monoisotopic (exact) mass is 552 g/mol. The standard InChI is InChI=1S/C33H52N4O3/c1-3-30-35-33(36-40-30,25-13-9-5-4-6-10-14-25)26-18-19-28-24(21-26)17-20-29(28)34-31(38)32-37(22-23(2)39-32)27-15-11-7-8-12-16-27/h18-19,21,23,25,27,29-30,32,35-36H,3-17,20,22H2,1-2H3,(H,34,38)/t23?,29-,30?,32?,33?/m1/s1. The summed E-state index contributed by atoms with van der Waals surface area (Å²) in [5, 5.41) is 7.29. The second-order valence-corrected chi connectivity index (χ2v) is 13.3. The first-order valence-corrected chi connectivity index (χ1v) is 16.6. The third-order valence-electron chi connectivity index (χ3n) is 10.5. The Labute approximate surface area is 241 Å². The minimum atomic E-state index is -0.459. The van der Waals surface area contributed by atoms with Gasteiger partial charge in [-0.1, -0.05) is 82.9 Å². The molecule has 1 aromatic carbocycles. The molecule has 7 nitrogen and oxygen atoms in total. The van der Waals surface area contributed by atoms with Crippen molar-refractivity contribution in [1.82, 2.24) is 21.0 Å². The molecule has 5 atom stereocenters. The fourth-order valence-corrected chi connectivity index (χ4v) is 8.26. The summed E-state index contributed by atoms with van der Waals surface area (Å²) < 4.78 is 6.22. The van der Waals surface area contributed by atoms with Crippen LogP contribution in [-0.2, 0) is 26.5 Å². The first-order valence-electron chi connectivity index (χ1n) is 16.6. The molecule has 0 aromatic heterocycles. The fourth-order valence-electron chi connectivity index (χ4n) is 8.26. The Kier molecular flexibility index (Phi) is 9.14. The van der Waals surface area contributed by atoms with Crippen LogP contribution in [0.2, 0.25) is 0 Å². The van der Waals surface area contributed by atoms with Crippen LogP contribution in [-0.4, -0.2) is 42.0 Å². The quantitative estimate of drug-likeness (QED) is 0.380. The van der Waals surface area contributed by atoms with Crippen molar-refractivity contribution < 1.29 is 14.4 Å². The summed E-state index contributed by atoms with van der Waals surface area (Å²) in [6, 6.07) is 7.47. The van der Waals surface area contributed by atoms with Gasteiger partial charge in [-0.3, -0.25) is 19.8 Å². The summed E-state index contributed by atoms with van der Waals surface area (Å²) in [7, 11) is 0. The van der Waals surface area contributed by atoms with Gasteiger partial charge in [0, 0.05) is 12.6 Å². The molecule has 2 saturated heterocycles. The van der Waals surface area contributed by atoms with Crippen molar-refractivity contribution in [3.8, 4) is 0 Å². The lowest BCUT2D eigenvalue weighted by Crippen LogP contribution is -2.53. The van der Waals surface area contributed by atoms with E-state index in [-0.39, 0.29) is 29.9 Å². The molecule has 1 amide bonds. The maximum Gasteiger partial charge on any atom is 0.264 e. The van der Waals surface area contributed by atoms with Crippen LogP contribution in [0.15, 0.2) is 18.2 Å². The first kappa shape index (κ1) is 28.6. The predicted molar refractivity (Wildman–Crippen MR) is 157 cm³/mol. The third kappa shape index (κ3) is 5.87. The van der Waals surface area contributed by atoms with E-state index >= 15 is 0 Å². The van der Waals surface area contributed by atoms with Gasteiger partial charge < -0.3 is 10.1 Å². The number of nitrogens with zero attached hydrogens (tertiary/aromatic N) is 1. The van der Waals surface area contributed by atoms with Gasteiger partial charge in [0.15, 0.2) is 6.23 Å². The summed E-state index contributed by atoms with van der Waals surface area (Å²) in [6.45, 7) is 5.14. The molecular formula is C33H52N4O3. The molecule has 5 aliphatic rings. The molecule has 4 fully saturated rings. The number of amides is 1. The zero-order chi connectivity index (χ0) is 27.5. The molecule has 1 aromatic rings. The molecule has 222 valence electrons. The zero-order valence-electron chi connectivity index (χ0n) is 24.9. The molecule has 0 bridgehead atoms. The lowest BCUT2D eigenvalue weighted by Gasteiger charge is -2.38. The topological polar surface area (TPSA) is 74.9 Å². The third-order valence-corrected chi connectivity index (χ3v) is 10.5. The summed E-state index contributed by atoms with van der Waals surface area (Å²) >= 11 is 0. The van der Waals surface area contributed by atoms with Gasteiger partial charge in [0.25, 0.3) is 5.91 Å². The van der Waals surface area contributed by atoms with Crippen LogP contribution in [0.4, 0.5) is 0 Å². The number of benzene rings is 1. The van der Waals surface area contributed by atoms with Crippen LogP contribution in [0, 0.1) is 5.92 Å². The molecule has 4 unspecified atom stereocenters. The Morgan fingerprint density at radius 3 is 2.40 bits per heavy atom. The lowest BCUT2D eigenvalue weighted by molar-refractivity contribution is -0.141. The van der Waals surface area contributed by atoms with Gasteiger partial charge in [0.1, 0.15) is 11.9 Å². The Hall–Kier alpha value is -1.51. The van der Waals surface area contributed by atoms with Crippen molar-refractivity contribution in [2.75, 3.05) is 6.54 Å². The lowest BCUT2D eigenvalue weighted by atomic mass is 9.77. The van der Waals surface area contributed by atoms with E-state index in [9.17, 15) is 4.79 Å². The number of hydrogen-bond donors (Lipinski definition) is 3. The highest BCUT2D eigenvalue weighted by atomic mass is 16.7. The maximum atomic E-state index is 13.6. The molecule has 0 radical (unpaired) electrons. The largest absolute Gasteiger partial charge is 0.349 e. The number of rotatable bonds is 6. The predicted octanol–water partition coefficient (Wildman–Crippen LogP) is 5.93. The van der Waals surface area contributed by atoms with Crippen molar-refractivity contribution in [3.63, 3.8) is 0 Å². The SMILES string of the molecule is CCC1NC(c2ccc3c(c2)CC[C@H]3NC(=O)C2OC(C)CN2C2CCCCCC2)(C2CCCCCCC2)NO1. The minimum absolute atomic E-state index is 0.0240. The van der Waals surface area contributed by atoms with Gasteiger partial charge in [-0.25, -0.2) is 0 Å². The second-order valence-electron chi connectivity index (χ2n) is 13.3. The molecule has 2 saturated carbocycles. The molecule has 2 heterocycles. The van der Waals surface area contributed by atoms with Crippen molar-refractivity contribution in [2.24, 2.45) is 5.92 Å². The van der Waals surface area contributed by atoms with Crippen LogP contribution in [0.1, 0.15) is 133 Å². The molecule has 3 N–H and O–H groups in total. The van der Waals surface area contributed by atoms with Crippen molar-refractivity contribution in [3.05, 3.63) is 34.9 Å². The van der Waals surface area contributed by atoms with E-state index in [1.54, 1.807) is 0 Å². The number of aryl methyl sites for hydroxylation is 1. The van der Waals surface area contributed by atoms with Crippen LogP contribution in [0.3, 0.4) is 0 Å². The van der Waals surface area contributed by atoms with E-state index in [2.05, 4.69) is 53.1 Å². The van der Waals surface area contributed by atoms with E-state index in [4.69, 9.17) is 9.57 Å². The molecule has 40 heavy (non-hydrogen) atoms. The number of fused-ring (bicyclic) bond motifs is 1. The molecular weight excluding hydrogens is 500 g/mol. The Bertz CT molecular complexity index is 1000. The number of ether oxygens (including phenoxy) is 1. The average Bonchev–Trinajstić information content (AvgIpc) is 3.60. The molecule has 7 heteroatoms. The van der Waals surface area contributed by atoms with Crippen LogP contribution >= 0.6 is 0 Å². The number of hydrogen-bond acceptors (Lipinski definition) is 6. The van der Waals surface area contributed by atoms with Crippen LogP contribution < -0.4 is 16.1 Å². The van der Waals surface area contributed by atoms with Gasteiger partial charge in [-0.15, -0.1) is 0 Å². The van der Waals surface area contributed by atoms with Crippen LogP contribution in [0.5, 0.6) is 0 Å². The average molecular weight is 553 g/mol. The summed E-state index contributed by atoms with van der Waals surface area (Å²) in [6.07, 6.45) is 19.1. The highest BCUT2D eigenvalue weighted by molar-refractivity contribution is 5.81. The highest BCUT2D eigenvalue weighted by Gasteiger charge is 2.47. The van der Waals surface area contributed by atoms with E-state index in [0.717, 1.165) is 25.8 Å². The molecule has 0 spiro atoms. The van der Waals surface area contributed by atoms with Gasteiger partial charge in [-0.05, 0) is 74.5 Å². The molecule has 2 aliphatic heterocycles. The van der Waals surface area contributed by atoms with E-state index in [1.807, 2.05) is 0 Å². The Morgan fingerprint density at radius 2 is 1.70 bits per heavy atom. The van der Waals surface area contributed by atoms with Gasteiger partial charge in [0.05, 0.1) is 12.1 Å². The van der Waals surface area contributed by atoms with Crippen molar-refractivity contribution in [1.29, 1.82) is 0 Å². The van der Waals surface area contributed by atoms with Crippen molar-refractivity contribution >= 4 is 5.91 Å². The fraction of sp³-hybridized carbons (Fsp3) is 0.788. The number of nitrogens with one attached hydrogen (secondary N) is 3. The molecule has 3 aliphatic carbocycles. The number of carbonyl (C=O) groups is 1. The smallest absolute Gasteiger partial charge is 0.264 e. The van der Waals surface area contributed by atoms with Gasteiger partial charge in [0.2, 0.25) is 0 Å². The Balaban J connectivity index is 1.18. The van der Waals surface area contributed by atoms with Gasteiger partial charge in [-0.2, -0.15) is 5.48 Å². The summed E-state index contributed by atoms with van der Waals surface area (Å²) in [5.74, 6) is 0.538. The number of hydroxylamine groups is 1. The number of carbonyl (C=O) groups excluding carboxylic acids is 1. The maximum absolute atomic E-state index is 13.6. The summed E-state index contributed by atoms with van der Waals surface area (Å²) in [4.78, 5) is 22.1. The van der Waals surface area contributed by atoms with Crippen molar-refractivity contribution in [2.45, 2.75) is 153 Å². The van der Waals surface area contributed by atoms with Crippen LogP contribution in [0.25, 0.3) is 0 Å². The highest BCUT2D eigenvalue weighted by Crippen LogP contribution is 2.42. The first-order chi connectivity index (χ1) is 19.6. The zero-order valence-corrected chi connectivity index (χ0v) is 24.9. The second kappa shape index (κ2) is 12.8. The van der Waals surface area contributed by atoms with E-state index in [0.29, 0.717) is 12.0 Å². The minimum Gasteiger partial charge on any atom is -0.349 e. The van der Waals surface area contributed by atoms with Gasteiger partial charge >= 0.3 is 0 Å². The molecule has 6 rings (SSSR count). The normalized spacial score (nSPS) is 34.8. The van der Waals surface area contributed by atoms with E-state index < -0.39 is 6.23 Å². The Morgan fingerprint density at radius 1 is 1.00 bits per heavy atom. The summed E-state index contributed by atoms with van der Waals surface area (Å²) in [5.41, 5.74) is 7.08.